The van der Waals surface area contributed by atoms with E-state index in [-0.39, 0.29) is 11.8 Å². The van der Waals surface area contributed by atoms with Crippen LogP contribution < -0.4 is 10.6 Å². The molecule has 0 fully saturated rings. The van der Waals surface area contributed by atoms with E-state index >= 15 is 0 Å². The fraction of sp³-hybridized carbons (Fsp3) is 0.263. The van der Waals surface area contributed by atoms with E-state index in [1.54, 1.807) is 42.5 Å². The minimum absolute atomic E-state index is 0.00655. The summed E-state index contributed by atoms with van der Waals surface area (Å²) in [7, 11) is 0. The summed E-state index contributed by atoms with van der Waals surface area (Å²) in [6.45, 7) is 3.70. The summed E-state index contributed by atoms with van der Waals surface area (Å²) in [5.41, 5.74) is 1.10. The number of hydrogen-bond donors (Lipinski definition) is 4. The summed E-state index contributed by atoms with van der Waals surface area (Å²) >= 11 is 11.9. The highest BCUT2D eigenvalue weighted by atomic mass is 35.5. The summed E-state index contributed by atoms with van der Waals surface area (Å²) in [6, 6.07) is 13.0. The molecule has 2 unspecified atom stereocenters. The van der Waals surface area contributed by atoms with Crippen LogP contribution in [0.1, 0.15) is 31.2 Å². The van der Waals surface area contributed by atoms with E-state index in [9.17, 15) is 9.90 Å². The number of nitrogens with one attached hydrogen (secondary N) is 3. The van der Waals surface area contributed by atoms with E-state index in [0.717, 1.165) is 0 Å². The van der Waals surface area contributed by atoms with Gasteiger partial charge in [-0.25, -0.2) is 0 Å². The van der Waals surface area contributed by atoms with Crippen molar-refractivity contribution in [3.05, 3.63) is 69.7 Å². The van der Waals surface area contributed by atoms with Crippen LogP contribution in [-0.2, 0) is 4.79 Å². The Morgan fingerprint density at radius 1 is 1.08 bits per heavy atom. The monoisotopic (exact) mass is 393 g/mol. The molecule has 0 saturated heterocycles. The second kappa shape index (κ2) is 9.14. The summed E-state index contributed by atoms with van der Waals surface area (Å²) in [5.74, 6) is -0.504. The number of hydrogen-bond acceptors (Lipinski definition) is 4. The quantitative estimate of drug-likeness (QED) is 0.342. The number of amides is 1. The molecule has 2 aromatic carbocycles. The predicted molar refractivity (Wildman–Crippen MR) is 105 cm³/mol. The summed E-state index contributed by atoms with van der Waals surface area (Å²) in [4.78, 5) is 12.6. The molecule has 0 aliphatic heterocycles. The maximum atomic E-state index is 12.6. The van der Waals surface area contributed by atoms with Crippen molar-refractivity contribution in [1.29, 1.82) is 5.41 Å². The van der Waals surface area contributed by atoms with Gasteiger partial charge in [-0.3, -0.25) is 15.5 Å². The Bertz CT molecular complexity index is 782. The molecule has 0 aliphatic rings. The number of amidine groups is 1. The van der Waals surface area contributed by atoms with Crippen LogP contribution in [0.15, 0.2) is 48.5 Å². The maximum Gasteiger partial charge on any atom is 0.243 e. The van der Waals surface area contributed by atoms with E-state index < -0.39 is 18.2 Å². The molecule has 2 aromatic rings. The first-order chi connectivity index (χ1) is 12.3. The van der Waals surface area contributed by atoms with Crippen LogP contribution in [0.5, 0.6) is 0 Å². The Balaban J connectivity index is 2.08. The summed E-state index contributed by atoms with van der Waals surface area (Å²) < 4.78 is 0. The van der Waals surface area contributed by atoms with Gasteiger partial charge in [0.25, 0.3) is 0 Å². The molecule has 1 amide bonds. The molecule has 0 aliphatic carbocycles. The molecule has 0 heterocycles. The highest BCUT2D eigenvalue weighted by Gasteiger charge is 2.26. The van der Waals surface area contributed by atoms with Gasteiger partial charge in [-0.15, -0.1) is 0 Å². The van der Waals surface area contributed by atoms with Crippen molar-refractivity contribution in [1.82, 2.24) is 10.6 Å². The largest absolute Gasteiger partial charge is 0.374 e. The highest BCUT2D eigenvalue weighted by Crippen LogP contribution is 2.25. The number of carbonyl (C=O) groups excluding carboxylic acids is 1. The van der Waals surface area contributed by atoms with Crippen LogP contribution in [0.2, 0.25) is 10.0 Å². The van der Waals surface area contributed by atoms with E-state index in [1.165, 1.54) is 0 Å². The summed E-state index contributed by atoms with van der Waals surface area (Å²) in [6.07, 6.45) is -1.10. The molecule has 5 nitrogen and oxygen atoms in total. The number of aliphatic hydroxyl groups is 1. The van der Waals surface area contributed by atoms with Crippen LogP contribution in [0.4, 0.5) is 0 Å². The zero-order valence-corrected chi connectivity index (χ0v) is 16.0. The smallest absolute Gasteiger partial charge is 0.243 e. The fourth-order valence-electron chi connectivity index (χ4n) is 2.40. The predicted octanol–water partition coefficient (Wildman–Crippen LogP) is 3.74. The maximum absolute atomic E-state index is 12.6. The lowest BCUT2D eigenvalue weighted by Gasteiger charge is -2.25. The molecule has 0 radical (unpaired) electrons. The Morgan fingerprint density at radius 3 is 2.31 bits per heavy atom. The van der Waals surface area contributed by atoms with Gasteiger partial charge in [0.1, 0.15) is 12.1 Å². The molecule has 0 bridgehead atoms. The lowest BCUT2D eigenvalue weighted by atomic mass is 10.0. The van der Waals surface area contributed by atoms with E-state index in [2.05, 4.69) is 10.6 Å². The van der Waals surface area contributed by atoms with Gasteiger partial charge in [-0.2, -0.15) is 0 Å². The molecule has 2 rings (SSSR count). The first-order valence-corrected chi connectivity index (χ1v) is 8.89. The van der Waals surface area contributed by atoms with Gasteiger partial charge in [0.05, 0.1) is 16.1 Å². The minimum atomic E-state index is -1.10. The Morgan fingerprint density at radius 2 is 1.73 bits per heavy atom. The lowest BCUT2D eigenvalue weighted by Crippen LogP contribution is -2.50. The zero-order chi connectivity index (χ0) is 19.3. The minimum Gasteiger partial charge on any atom is -0.374 e. The zero-order valence-electron chi connectivity index (χ0n) is 14.5. The van der Waals surface area contributed by atoms with Gasteiger partial charge < -0.3 is 10.4 Å². The van der Waals surface area contributed by atoms with Crippen molar-refractivity contribution in [3.8, 4) is 0 Å². The Kier molecular flexibility index (Phi) is 7.17. The highest BCUT2D eigenvalue weighted by molar-refractivity contribution is 6.42. The molecule has 26 heavy (non-hydrogen) atoms. The van der Waals surface area contributed by atoms with E-state index in [0.29, 0.717) is 21.2 Å². The van der Waals surface area contributed by atoms with Crippen LogP contribution in [0, 0.1) is 11.3 Å². The molecule has 4 N–H and O–H groups in total. The summed E-state index contributed by atoms with van der Waals surface area (Å²) in [5, 5.41) is 24.6. The van der Waals surface area contributed by atoms with E-state index in [1.807, 2.05) is 19.9 Å². The SMILES string of the molecule is CC(C)C(NC(O)c1ccc(Cl)c(Cl)c1)C(=O)NC(=N)c1ccccc1. The first-order valence-electron chi connectivity index (χ1n) is 8.13. The van der Waals surface area contributed by atoms with Crippen molar-refractivity contribution in [2.45, 2.75) is 26.1 Å². The van der Waals surface area contributed by atoms with Gasteiger partial charge in [-0.05, 0) is 23.6 Å². The van der Waals surface area contributed by atoms with Crippen LogP contribution >= 0.6 is 23.2 Å². The number of carbonyl (C=O) groups is 1. The van der Waals surface area contributed by atoms with Crippen molar-refractivity contribution in [3.63, 3.8) is 0 Å². The Labute approximate surface area is 162 Å². The van der Waals surface area contributed by atoms with Crippen molar-refractivity contribution >= 4 is 34.9 Å². The topological polar surface area (TPSA) is 85.2 Å². The molecule has 2 atom stereocenters. The third-order valence-electron chi connectivity index (χ3n) is 3.86. The molecule has 0 aromatic heterocycles. The second-order valence-electron chi connectivity index (χ2n) is 6.19. The molecular formula is C19H21Cl2N3O2. The third kappa shape index (κ3) is 5.29. The second-order valence-corrected chi connectivity index (χ2v) is 7.01. The van der Waals surface area contributed by atoms with Crippen LogP contribution in [0.3, 0.4) is 0 Å². The normalized spacial score (nSPS) is 13.3. The third-order valence-corrected chi connectivity index (χ3v) is 4.60. The number of halogens is 2. The standard InChI is InChI=1S/C19H21Cl2N3O2/c1-11(2)16(19(26)24-17(22)12-6-4-3-5-7-12)23-18(25)13-8-9-14(20)15(21)10-13/h3-11,16,18,23,25H,1-2H3,(H2,22,24,26). The van der Waals surface area contributed by atoms with Gasteiger partial charge in [-0.1, -0.05) is 73.4 Å². The van der Waals surface area contributed by atoms with Crippen molar-refractivity contribution < 1.29 is 9.90 Å². The molecular weight excluding hydrogens is 373 g/mol. The van der Waals surface area contributed by atoms with Crippen molar-refractivity contribution in [2.75, 3.05) is 0 Å². The van der Waals surface area contributed by atoms with Crippen LogP contribution in [-0.4, -0.2) is 22.9 Å². The molecule has 7 heteroatoms. The van der Waals surface area contributed by atoms with Gasteiger partial charge >= 0.3 is 0 Å². The van der Waals surface area contributed by atoms with Crippen molar-refractivity contribution in [2.24, 2.45) is 5.92 Å². The van der Waals surface area contributed by atoms with Gasteiger partial charge in [0.2, 0.25) is 5.91 Å². The Hall–Kier alpha value is -1.92. The lowest BCUT2D eigenvalue weighted by molar-refractivity contribution is -0.123. The van der Waals surface area contributed by atoms with Gasteiger partial charge in [0.15, 0.2) is 0 Å². The average Bonchev–Trinajstić information content (AvgIpc) is 2.62. The van der Waals surface area contributed by atoms with Crippen LogP contribution in [0.25, 0.3) is 0 Å². The number of aliphatic hydroxyl groups excluding tert-OH is 1. The number of rotatable bonds is 6. The van der Waals surface area contributed by atoms with Gasteiger partial charge in [0, 0.05) is 5.56 Å². The molecule has 138 valence electrons. The number of benzene rings is 2. The fourth-order valence-corrected chi connectivity index (χ4v) is 2.70. The first kappa shape index (κ1) is 20.4. The molecule has 0 saturated carbocycles. The van der Waals surface area contributed by atoms with E-state index in [4.69, 9.17) is 28.6 Å². The average molecular weight is 394 g/mol. The molecule has 0 spiro atoms.